The number of amidine groups is 1. The second kappa shape index (κ2) is 8.78. The third-order valence-corrected chi connectivity index (χ3v) is 3.16. The summed E-state index contributed by atoms with van der Waals surface area (Å²) < 4.78 is 0. The second-order valence-electron chi connectivity index (χ2n) is 4.98. The summed E-state index contributed by atoms with van der Waals surface area (Å²) in [5, 5.41) is 27.2. The van der Waals surface area contributed by atoms with E-state index >= 15 is 0 Å². The molecule has 0 spiro atoms. The van der Waals surface area contributed by atoms with Gasteiger partial charge in [0.25, 0.3) is 0 Å². The number of carboxylic acid groups (broad SMARTS) is 1. The van der Waals surface area contributed by atoms with Gasteiger partial charge in [-0.2, -0.15) is 0 Å². The van der Waals surface area contributed by atoms with Crippen molar-refractivity contribution in [2.24, 2.45) is 5.73 Å². The van der Waals surface area contributed by atoms with Crippen molar-refractivity contribution in [1.82, 2.24) is 5.32 Å². The number of nitrogens with two attached hydrogens (primary N) is 1. The summed E-state index contributed by atoms with van der Waals surface area (Å²) in [6.07, 6.45) is 1.02. The van der Waals surface area contributed by atoms with E-state index in [4.69, 9.17) is 21.4 Å². The Morgan fingerprint density at radius 2 is 1.86 bits per heavy atom. The maximum absolute atomic E-state index is 11.4. The Hall–Kier alpha value is -2.41. The minimum absolute atomic E-state index is 0.0340. The molecular formula is C15H21N3O4. The molecule has 120 valence electrons. The van der Waals surface area contributed by atoms with Crippen LogP contribution in [-0.2, 0) is 16.0 Å². The van der Waals surface area contributed by atoms with Crippen LogP contribution in [0.1, 0.15) is 30.4 Å². The van der Waals surface area contributed by atoms with Crippen LogP contribution in [0.4, 0.5) is 0 Å². The number of aliphatic hydroxyl groups is 1. The van der Waals surface area contributed by atoms with Gasteiger partial charge in [0.15, 0.2) is 6.10 Å². The molecule has 7 heteroatoms. The molecule has 0 aliphatic carbocycles. The highest BCUT2D eigenvalue weighted by Crippen LogP contribution is 2.08. The Morgan fingerprint density at radius 3 is 2.41 bits per heavy atom. The number of aliphatic hydroxyl groups excluding tert-OH is 1. The molecule has 1 amide bonds. The largest absolute Gasteiger partial charge is 0.479 e. The highest BCUT2D eigenvalue weighted by atomic mass is 16.4. The smallest absolute Gasteiger partial charge is 0.334 e. The Morgan fingerprint density at radius 1 is 1.23 bits per heavy atom. The number of aliphatic carboxylic acids is 1. The van der Waals surface area contributed by atoms with Crippen molar-refractivity contribution in [3.8, 4) is 0 Å². The van der Waals surface area contributed by atoms with E-state index in [1.807, 2.05) is 12.1 Å². The lowest BCUT2D eigenvalue weighted by atomic mass is 10.0. The number of nitrogen functional groups attached to an aromatic ring is 1. The molecule has 7 nitrogen and oxygen atoms in total. The number of carbonyl (C=O) groups is 2. The van der Waals surface area contributed by atoms with E-state index in [2.05, 4.69) is 5.32 Å². The summed E-state index contributed by atoms with van der Waals surface area (Å²) in [7, 11) is 0. The Labute approximate surface area is 128 Å². The van der Waals surface area contributed by atoms with Crippen LogP contribution < -0.4 is 11.1 Å². The van der Waals surface area contributed by atoms with Gasteiger partial charge in [-0.15, -0.1) is 0 Å². The minimum Gasteiger partial charge on any atom is -0.479 e. The number of amides is 1. The number of carbonyl (C=O) groups excluding carboxylic acids is 1. The number of hydrogen-bond acceptors (Lipinski definition) is 4. The zero-order valence-corrected chi connectivity index (χ0v) is 12.2. The fraction of sp³-hybridized carbons (Fsp3) is 0.400. The summed E-state index contributed by atoms with van der Waals surface area (Å²) in [6.45, 7) is -0.277. The quantitative estimate of drug-likeness (QED) is 0.253. The van der Waals surface area contributed by atoms with Crippen LogP contribution in [0.2, 0.25) is 0 Å². The first-order chi connectivity index (χ1) is 10.4. The average Bonchev–Trinajstić information content (AvgIpc) is 2.49. The predicted octanol–water partition coefficient (Wildman–Crippen LogP) is 0.245. The average molecular weight is 307 g/mol. The van der Waals surface area contributed by atoms with Crippen LogP contribution in [0.15, 0.2) is 24.3 Å². The van der Waals surface area contributed by atoms with Crippen LogP contribution in [0, 0.1) is 5.41 Å². The zero-order chi connectivity index (χ0) is 16.5. The van der Waals surface area contributed by atoms with Gasteiger partial charge in [-0.05, 0) is 24.8 Å². The molecule has 0 fully saturated rings. The number of nitrogens with one attached hydrogen (secondary N) is 2. The molecule has 1 atom stereocenters. The summed E-state index contributed by atoms with van der Waals surface area (Å²) in [5.74, 6) is -1.59. The standard InChI is InChI=1S/C15H21N3O4/c16-14(17)11-7-5-10(6-8-11)3-1-2-4-13(20)18-9-12(19)15(21)22/h5-8,12,19H,1-4,9H2,(H3,16,17)(H,18,20)(H,21,22). The maximum atomic E-state index is 11.4. The normalized spacial score (nSPS) is 11.7. The molecule has 22 heavy (non-hydrogen) atoms. The van der Waals surface area contributed by atoms with E-state index in [0.717, 1.165) is 18.4 Å². The molecule has 0 saturated heterocycles. The number of carboxylic acids is 1. The van der Waals surface area contributed by atoms with Crippen molar-refractivity contribution < 1.29 is 19.8 Å². The molecule has 0 aromatic heterocycles. The highest BCUT2D eigenvalue weighted by Gasteiger charge is 2.13. The lowest BCUT2D eigenvalue weighted by Gasteiger charge is -2.07. The first-order valence-electron chi connectivity index (χ1n) is 7.01. The first kappa shape index (κ1) is 17.6. The van der Waals surface area contributed by atoms with Crippen LogP contribution >= 0.6 is 0 Å². The maximum Gasteiger partial charge on any atom is 0.334 e. The van der Waals surface area contributed by atoms with Crippen LogP contribution in [-0.4, -0.2) is 40.6 Å². The Balaban J connectivity index is 2.20. The van der Waals surface area contributed by atoms with Crippen LogP contribution in [0.25, 0.3) is 0 Å². The molecule has 1 aromatic carbocycles. The summed E-state index contributed by atoms with van der Waals surface area (Å²) in [6, 6.07) is 7.38. The van der Waals surface area contributed by atoms with E-state index in [1.165, 1.54) is 0 Å². The van der Waals surface area contributed by atoms with E-state index in [9.17, 15) is 9.59 Å². The van der Waals surface area contributed by atoms with Gasteiger partial charge >= 0.3 is 5.97 Å². The van der Waals surface area contributed by atoms with Crippen molar-refractivity contribution in [2.45, 2.75) is 31.8 Å². The van der Waals surface area contributed by atoms with Gasteiger partial charge in [0.2, 0.25) is 5.91 Å². The molecule has 0 aliphatic heterocycles. The van der Waals surface area contributed by atoms with Crippen molar-refractivity contribution >= 4 is 17.7 Å². The third kappa shape index (κ3) is 6.36. The van der Waals surface area contributed by atoms with E-state index < -0.39 is 12.1 Å². The van der Waals surface area contributed by atoms with Gasteiger partial charge in [0.1, 0.15) is 5.84 Å². The monoisotopic (exact) mass is 307 g/mol. The van der Waals surface area contributed by atoms with E-state index in [-0.39, 0.29) is 24.7 Å². The molecule has 0 saturated carbocycles. The van der Waals surface area contributed by atoms with Crippen molar-refractivity contribution in [3.63, 3.8) is 0 Å². The van der Waals surface area contributed by atoms with Gasteiger partial charge in [-0.1, -0.05) is 24.3 Å². The van der Waals surface area contributed by atoms with Crippen LogP contribution in [0.3, 0.4) is 0 Å². The topological polar surface area (TPSA) is 136 Å². The van der Waals surface area contributed by atoms with Gasteiger partial charge in [-0.25, -0.2) is 4.79 Å². The van der Waals surface area contributed by atoms with Crippen molar-refractivity contribution in [3.05, 3.63) is 35.4 Å². The first-order valence-corrected chi connectivity index (χ1v) is 7.01. The molecule has 1 aromatic rings. The lowest BCUT2D eigenvalue weighted by molar-refractivity contribution is -0.146. The number of unbranched alkanes of at least 4 members (excludes halogenated alkanes) is 1. The van der Waals surface area contributed by atoms with Crippen molar-refractivity contribution in [1.29, 1.82) is 5.41 Å². The highest BCUT2D eigenvalue weighted by molar-refractivity contribution is 5.94. The number of benzene rings is 1. The molecule has 1 rings (SSSR count). The third-order valence-electron chi connectivity index (χ3n) is 3.16. The zero-order valence-electron chi connectivity index (χ0n) is 12.2. The molecule has 0 heterocycles. The number of rotatable bonds is 9. The second-order valence-corrected chi connectivity index (χ2v) is 4.98. The molecule has 0 radical (unpaired) electrons. The van der Waals surface area contributed by atoms with Gasteiger partial charge < -0.3 is 21.3 Å². The summed E-state index contributed by atoms with van der Waals surface area (Å²) in [5.41, 5.74) is 7.16. The van der Waals surface area contributed by atoms with Crippen molar-refractivity contribution in [2.75, 3.05) is 6.54 Å². The molecule has 0 aliphatic rings. The molecule has 1 unspecified atom stereocenters. The number of hydrogen-bond donors (Lipinski definition) is 5. The van der Waals surface area contributed by atoms with E-state index in [1.54, 1.807) is 12.1 Å². The fourth-order valence-electron chi connectivity index (χ4n) is 1.85. The fourth-order valence-corrected chi connectivity index (χ4v) is 1.85. The minimum atomic E-state index is -1.57. The SMILES string of the molecule is N=C(N)c1ccc(CCCCC(=O)NCC(O)C(=O)O)cc1. The lowest BCUT2D eigenvalue weighted by Crippen LogP contribution is -2.36. The van der Waals surface area contributed by atoms with Gasteiger partial charge in [0.05, 0.1) is 6.54 Å². The Kier molecular flexibility index (Phi) is 7.04. The molecular weight excluding hydrogens is 286 g/mol. The predicted molar refractivity (Wildman–Crippen MR) is 81.7 cm³/mol. The van der Waals surface area contributed by atoms with Gasteiger partial charge in [-0.3, -0.25) is 10.2 Å². The Bertz CT molecular complexity index is 528. The van der Waals surface area contributed by atoms with E-state index in [0.29, 0.717) is 12.0 Å². The van der Waals surface area contributed by atoms with Gasteiger partial charge in [0, 0.05) is 12.0 Å². The molecule has 6 N–H and O–H groups in total. The summed E-state index contributed by atoms with van der Waals surface area (Å²) >= 11 is 0. The molecule has 0 bridgehead atoms. The summed E-state index contributed by atoms with van der Waals surface area (Å²) in [4.78, 5) is 21.8. The number of aryl methyl sites for hydroxylation is 1. The van der Waals surface area contributed by atoms with Crippen LogP contribution in [0.5, 0.6) is 0 Å².